The number of nitro benzene ring substituents is 1. The van der Waals surface area contributed by atoms with Crippen LogP contribution in [0.15, 0.2) is 28.8 Å². The zero-order valence-corrected chi connectivity index (χ0v) is 10.5. The minimum Gasteiger partial charge on any atom is -0.477 e. The summed E-state index contributed by atoms with van der Waals surface area (Å²) in [6.07, 6.45) is 1.56. The number of nitrogens with one attached hydrogen (secondary N) is 1. The highest BCUT2D eigenvalue weighted by atomic mass is 16.6. The number of nitro groups is 1. The molecule has 1 heterocycles. The normalized spacial score (nSPS) is 10.2. The first-order valence-corrected chi connectivity index (χ1v) is 5.64. The Labute approximate surface area is 113 Å². The molecule has 2 N–H and O–H groups in total. The van der Waals surface area contributed by atoms with Crippen LogP contribution in [0.4, 0.5) is 11.4 Å². The van der Waals surface area contributed by atoms with Crippen LogP contribution in [-0.4, -0.2) is 21.0 Å². The van der Waals surface area contributed by atoms with Crippen LogP contribution in [0.3, 0.4) is 0 Å². The number of carboxylic acid groups (broad SMARTS) is 1. The smallest absolute Gasteiger partial charge is 0.342 e. The van der Waals surface area contributed by atoms with Gasteiger partial charge in [-0.3, -0.25) is 10.1 Å². The number of hydrogen-bond donors (Lipinski definition) is 2. The van der Waals surface area contributed by atoms with E-state index in [0.29, 0.717) is 17.3 Å². The number of nitrogens with zero attached hydrogens (tertiary/aromatic N) is 2. The van der Waals surface area contributed by atoms with Gasteiger partial charge in [-0.25, -0.2) is 9.78 Å². The average molecular weight is 277 g/mol. The number of carbonyl (C=O) groups is 1. The van der Waals surface area contributed by atoms with Crippen molar-refractivity contribution in [2.24, 2.45) is 0 Å². The van der Waals surface area contributed by atoms with Crippen molar-refractivity contribution in [2.75, 3.05) is 5.32 Å². The van der Waals surface area contributed by atoms with Crippen molar-refractivity contribution in [3.05, 3.63) is 51.7 Å². The Balaban J connectivity index is 2.18. The molecular weight excluding hydrogens is 266 g/mol. The van der Waals surface area contributed by atoms with Gasteiger partial charge in [0.1, 0.15) is 11.3 Å². The Kier molecular flexibility index (Phi) is 3.65. The van der Waals surface area contributed by atoms with Gasteiger partial charge in [0.2, 0.25) is 5.89 Å². The van der Waals surface area contributed by atoms with Crippen LogP contribution in [0.2, 0.25) is 0 Å². The van der Waals surface area contributed by atoms with Crippen molar-refractivity contribution >= 4 is 17.3 Å². The molecule has 0 spiro atoms. The van der Waals surface area contributed by atoms with E-state index >= 15 is 0 Å². The van der Waals surface area contributed by atoms with Crippen LogP contribution >= 0.6 is 0 Å². The largest absolute Gasteiger partial charge is 0.477 e. The highest BCUT2D eigenvalue weighted by molar-refractivity contribution is 5.93. The maximum absolute atomic E-state index is 10.9. The zero-order valence-electron chi connectivity index (χ0n) is 10.5. The molecule has 0 bridgehead atoms. The van der Waals surface area contributed by atoms with E-state index in [1.54, 1.807) is 13.1 Å². The Hall–Kier alpha value is -2.90. The summed E-state index contributed by atoms with van der Waals surface area (Å²) in [4.78, 5) is 25.0. The van der Waals surface area contributed by atoms with Gasteiger partial charge in [-0.05, 0) is 19.1 Å². The van der Waals surface area contributed by atoms with Crippen LogP contribution < -0.4 is 5.32 Å². The Morgan fingerprint density at radius 3 is 2.85 bits per heavy atom. The van der Waals surface area contributed by atoms with Crippen LogP contribution in [0.1, 0.15) is 22.0 Å². The van der Waals surface area contributed by atoms with Gasteiger partial charge in [-0.15, -0.1) is 0 Å². The number of aromatic carboxylic acids is 1. The van der Waals surface area contributed by atoms with Crippen LogP contribution in [0.25, 0.3) is 0 Å². The molecule has 2 aromatic rings. The quantitative estimate of drug-likeness (QED) is 0.635. The summed E-state index contributed by atoms with van der Waals surface area (Å²) < 4.78 is 5.24. The Morgan fingerprint density at radius 1 is 1.55 bits per heavy atom. The lowest BCUT2D eigenvalue weighted by Gasteiger charge is -2.05. The fraction of sp³-hybridized carbons (Fsp3) is 0.167. The Morgan fingerprint density at radius 2 is 2.30 bits per heavy atom. The molecule has 0 radical (unpaired) electrons. The topological polar surface area (TPSA) is 119 Å². The van der Waals surface area contributed by atoms with Crippen LogP contribution in [0, 0.1) is 17.0 Å². The Bertz CT molecular complexity index is 665. The predicted molar refractivity (Wildman–Crippen MR) is 68.6 cm³/mol. The zero-order chi connectivity index (χ0) is 14.7. The van der Waals surface area contributed by atoms with E-state index < -0.39 is 16.6 Å². The maximum Gasteiger partial charge on any atom is 0.342 e. The molecule has 20 heavy (non-hydrogen) atoms. The summed E-state index contributed by atoms with van der Waals surface area (Å²) in [5.41, 5.74) is -0.406. The summed E-state index contributed by atoms with van der Waals surface area (Å²) in [6.45, 7) is 2.00. The van der Waals surface area contributed by atoms with Gasteiger partial charge in [0.05, 0.1) is 17.7 Å². The standard InChI is InChI=1S/C12H11N3O5/c1-7-5-14-11(20-7)6-13-8-2-3-9(12(16)17)10(4-8)15(18)19/h2-5,13H,6H2,1H3,(H,16,17). The summed E-state index contributed by atoms with van der Waals surface area (Å²) >= 11 is 0. The van der Waals surface area contributed by atoms with Crippen molar-refractivity contribution < 1.29 is 19.2 Å². The number of oxazole rings is 1. The van der Waals surface area contributed by atoms with Gasteiger partial charge in [0, 0.05) is 11.8 Å². The summed E-state index contributed by atoms with van der Waals surface area (Å²) in [5, 5.41) is 22.6. The molecule has 8 nitrogen and oxygen atoms in total. The molecule has 0 aliphatic carbocycles. The van der Waals surface area contributed by atoms with Crippen LogP contribution in [0.5, 0.6) is 0 Å². The first kappa shape index (κ1) is 13.5. The number of anilines is 1. The van der Waals surface area contributed by atoms with E-state index in [1.165, 1.54) is 18.2 Å². The highest BCUT2D eigenvalue weighted by Crippen LogP contribution is 2.23. The molecule has 0 fully saturated rings. The van der Waals surface area contributed by atoms with Gasteiger partial charge in [-0.2, -0.15) is 0 Å². The summed E-state index contributed by atoms with van der Waals surface area (Å²) in [6, 6.07) is 3.80. The molecule has 0 amide bonds. The minimum absolute atomic E-state index is 0.247. The minimum atomic E-state index is -1.34. The molecule has 0 aliphatic heterocycles. The van der Waals surface area contributed by atoms with Gasteiger partial charge in [0.15, 0.2) is 0 Å². The molecular formula is C12H11N3O5. The maximum atomic E-state index is 10.9. The lowest BCUT2D eigenvalue weighted by Crippen LogP contribution is -2.05. The summed E-state index contributed by atoms with van der Waals surface area (Å²) in [7, 11) is 0. The van der Waals surface area contributed by atoms with E-state index in [1.807, 2.05) is 0 Å². The van der Waals surface area contributed by atoms with Gasteiger partial charge in [-0.1, -0.05) is 0 Å². The molecule has 0 aliphatic rings. The first-order valence-electron chi connectivity index (χ1n) is 5.64. The first-order chi connectivity index (χ1) is 9.47. The fourth-order valence-corrected chi connectivity index (χ4v) is 1.63. The number of hydrogen-bond acceptors (Lipinski definition) is 6. The highest BCUT2D eigenvalue weighted by Gasteiger charge is 2.20. The molecule has 1 aromatic carbocycles. The lowest BCUT2D eigenvalue weighted by molar-refractivity contribution is -0.385. The monoisotopic (exact) mass is 277 g/mol. The third-order valence-corrected chi connectivity index (χ3v) is 2.54. The SMILES string of the molecule is Cc1cnc(CNc2ccc(C(=O)O)c([N+](=O)[O-])c2)o1. The molecule has 0 saturated heterocycles. The van der Waals surface area contributed by atoms with Crippen molar-refractivity contribution in [3.63, 3.8) is 0 Å². The number of aromatic nitrogens is 1. The molecule has 0 saturated carbocycles. The van der Waals surface area contributed by atoms with Crippen molar-refractivity contribution in [1.82, 2.24) is 4.98 Å². The molecule has 104 valence electrons. The second-order valence-electron chi connectivity index (χ2n) is 4.01. The number of carboxylic acids is 1. The van der Waals surface area contributed by atoms with Crippen molar-refractivity contribution in [1.29, 1.82) is 0 Å². The van der Waals surface area contributed by atoms with E-state index in [4.69, 9.17) is 9.52 Å². The van der Waals surface area contributed by atoms with Crippen molar-refractivity contribution in [3.8, 4) is 0 Å². The lowest BCUT2D eigenvalue weighted by atomic mass is 10.1. The second-order valence-corrected chi connectivity index (χ2v) is 4.01. The second kappa shape index (κ2) is 5.39. The van der Waals surface area contributed by atoms with Gasteiger partial charge >= 0.3 is 5.97 Å². The molecule has 2 rings (SSSR count). The molecule has 0 unspecified atom stereocenters. The third-order valence-electron chi connectivity index (χ3n) is 2.54. The molecule has 8 heteroatoms. The average Bonchev–Trinajstić information content (AvgIpc) is 2.81. The third kappa shape index (κ3) is 2.91. The van der Waals surface area contributed by atoms with Crippen molar-refractivity contribution in [2.45, 2.75) is 13.5 Å². The molecule has 1 aromatic heterocycles. The number of rotatable bonds is 5. The molecule has 0 atom stereocenters. The van der Waals surface area contributed by atoms with Crippen LogP contribution in [-0.2, 0) is 6.54 Å². The predicted octanol–water partition coefficient (Wildman–Crippen LogP) is 2.20. The van der Waals surface area contributed by atoms with E-state index in [0.717, 1.165) is 0 Å². The van der Waals surface area contributed by atoms with E-state index in [9.17, 15) is 14.9 Å². The van der Waals surface area contributed by atoms with Gasteiger partial charge in [0.25, 0.3) is 5.69 Å². The van der Waals surface area contributed by atoms with E-state index in [-0.39, 0.29) is 12.1 Å². The number of benzene rings is 1. The summed E-state index contributed by atoms with van der Waals surface area (Å²) in [5.74, 6) is -0.243. The van der Waals surface area contributed by atoms with E-state index in [2.05, 4.69) is 10.3 Å². The number of aryl methyl sites for hydroxylation is 1. The fourth-order valence-electron chi connectivity index (χ4n) is 1.63. The van der Waals surface area contributed by atoms with Gasteiger partial charge < -0.3 is 14.8 Å².